The number of anilines is 1. The topological polar surface area (TPSA) is 49.4 Å². The summed E-state index contributed by atoms with van der Waals surface area (Å²) in [6.07, 6.45) is 0.949. The number of hydrogen-bond acceptors (Lipinski definition) is 3. The highest BCUT2D eigenvalue weighted by Crippen LogP contribution is 2.21. The molecular formula is C13H21FN2O2S. The zero-order valence-corrected chi connectivity index (χ0v) is 12.2. The standard InChI is InChI=1S/C13H21FN2O2S/c1-3-9-15-10-11-19(17,18)16(4-2)13-8-6-5-7-12(13)14/h5-8,15H,3-4,9-11H2,1-2H3. The Morgan fingerprint density at radius 2 is 1.89 bits per heavy atom. The number of rotatable bonds is 8. The van der Waals surface area contributed by atoms with Crippen LogP contribution >= 0.6 is 0 Å². The fraction of sp³-hybridized carbons (Fsp3) is 0.538. The van der Waals surface area contributed by atoms with Gasteiger partial charge in [-0.25, -0.2) is 12.8 Å². The smallest absolute Gasteiger partial charge is 0.236 e. The second-order valence-electron chi connectivity index (χ2n) is 4.18. The molecule has 0 fully saturated rings. The normalized spacial score (nSPS) is 11.5. The van der Waals surface area contributed by atoms with Gasteiger partial charge in [0.15, 0.2) is 0 Å². The van der Waals surface area contributed by atoms with Crippen LogP contribution in [-0.4, -0.2) is 33.8 Å². The van der Waals surface area contributed by atoms with Gasteiger partial charge in [-0.3, -0.25) is 4.31 Å². The highest BCUT2D eigenvalue weighted by atomic mass is 32.2. The van der Waals surface area contributed by atoms with Gasteiger partial charge in [0, 0.05) is 13.1 Å². The number of para-hydroxylation sites is 1. The van der Waals surface area contributed by atoms with Gasteiger partial charge in [-0.1, -0.05) is 19.1 Å². The van der Waals surface area contributed by atoms with E-state index in [2.05, 4.69) is 5.32 Å². The van der Waals surface area contributed by atoms with Crippen LogP contribution in [0.15, 0.2) is 24.3 Å². The molecule has 108 valence electrons. The third kappa shape index (κ3) is 4.47. The molecule has 19 heavy (non-hydrogen) atoms. The van der Waals surface area contributed by atoms with Crippen molar-refractivity contribution in [2.75, 3.05) is 29.7 Å². The molecule has 0 heterocycles. The van der Waals surface area contributed by atoms with Crippen LogP contribution in [0.5, 0.6) is 0 Å². The molecule has 0 aliphatic carbocycles. The first kappa shape index (κ1) is 15.9. The van der Waals surface area contributed by atoms with Gasteiger partial charge in [0.1, 0.15) is 5.82 Å². The fourth-order valence-electron chi connectivity index (χ4n) is 1.78. The van der Waals surface area contributed by atoms with Crippen LogP contribution in [0.2, 0.25) is 0 Å². The van der Waals surface area contributed by atoms with Crippen molar-refractivity contribution in [2.24, 2.45) is 0 Å². The van der Waals surface area contributed by atoms with Crippen LogP contribution in [0.3, 0.4) is 0 Å². The molecule has 0 aliphatic heterocycles. The lowest BCUT2D eigenvalue weighted by molar-refractivity contribution is 0.581. The largest absolute Gasteiger partial charge is 0.316 e. The minimum Gasteiger partial charge on any atom is -0.316 e. The number of nitrogens with one attached hydrogen (secondary N) is 1. The molecule has 0 spiro atoms. The summed E-state index contributed by atoms with van der Waals surface area (Å²) in [5.74, 6) is -0.552. The fourth-order valence-corrected chi connectivity index (χ4v) is 3.25. The maximum absolute atomic E-state index is 13.7. The molecule has 4 nitrogen and oxygen atoms in total. The molecule has 6 heteroatoms. The first-order chi connectivity index (χ1) is 9.03. The molecule has 0 saturated heterocycles. The quantitative estimate of drug-likeness (QED) is 0.744. The van der Waals surface area contributed by atoms with Crippen LogP contribution in [0.4, 0.5) is 10.1 Å². The monoisotopic (exact) mass is 288 g/mol. The highest BCUT2D eigenvalue weighted by molar-refractivity contribution is 7.92. The SMILES string of the molecule is CCCNCCS(=O)(=O)N(CC)c1ccccc1F. The second kappa shape index (κ2) is 7.45. The lowest BCUT2D eigenvalue weighted by atomic mass is 10.3. The minimum absolute atomic E-state index is 0.0326. The first-order valence-corrected chi connectivity index (χ1v) is 8.09. The zero-order valence-electron chi connectivity index (χ0n) is 11.4. The van der Waals surface area contributed by atoms with Gasteiger partial charge in [0.25, 0.3) is 0 Å². The summed E-state index contributed by atoms with van der Waals surface area (Å²) in [4.78, 5) is 0. The Labute approximate surface area is 114 Å². The van der Waals surface area contributed by atoms with Gasteiger partial charge in [-0.15, -0.1) is 0 Å². The molecule has 1 rings (SSSR count). The van der Waals surface area contributed by atoms with Crippen LogP contribution < -0.4 is 9.62 Å². The molecule has 0 unspecified atom stereocenters. The molecule has 0 radical (unpaired) electrons. The lowest BCUT2D eigenvalue weighted by Gasteiger charge is -2.23. The van der Waals surface area contributed by atoms with Gasteiger partial charge in [0.2, 0.25) is 10.0 Å². The number of benzene rings is 1. The van der Waals surface area contributed by atoms with E-state index in [9.17, 15) is 12.8 Å². The third-order valence-corrected chi connectivity index (χ3v) is 4.55. The summed E-state index contributed by atoms with van der Waals surface area (Å²) in [5.41, 5.74) is 0.112. The van der Waals surface area contributed by atoms with Crippen molar-refractivity contribution >= 4 is 15.7 Å². The van der Waals surface area contributed by atoms with E-state index in [4.69, 9.17) is 0 Å². The van der Waals surface area contributed by atoms with E-state index >= 15 is 0 Å². The van der Waals surface area contributed by atoms with Crippen LogP contribution in [-0.2, 0) is 10.0 Å². The molecular weight excluding hydrogens is 267 g/mol. The maximum atomic E-state index is 13.7. The molecule has 1 aromatic rings. The molecule has 0 amide bonds. The Morgan fingerprint density at radius 3 is 2.47 bits per heavy atom. The molecule has 1 aromatic carbocycles. The summed E-state index contributed by atoms with van der Waals surface area (Å²) in [6.45, 7) is 5.09. The summed E-state index contributed by atoms with van der Waals surface area (Å²) in [6, 6.07) is 5.92. The Bertz CT molecular complexity index is 491. The van der Waals surface area contributed by atoms with E-state index in [0.29, 0.717) is 6.54 Å². The molecule has 0 aromatic heterocycles. The van der Waals surface area contributed by atoms with E-state index in [-0.39, 0.29) is 18.0 Å². The molecule has 0 saturated carbocycles. The van der Waals surface area contributed by atoms with Gasteiger partial charge < -0.3 is 5.32 Å². The molecule has 0 bridgehead atoms. The third-order valence-electron chi connectivity index (χ3n) is 2.71. The van der Waals surface area contributed by atoms with Crippen LogP contribution in [0.1, 0.15) is 20.3 Å². The number of nitrogens with zero attached hydrogens (tertiary/aromatic N) is 1. The van der Waals surface area contributed by atoms with E-state index < -0.39 is 15.8 Å². The lowest BCUT2D eigenvalue weighted by Crippen LogP contribution is -2.37. The summed E-state index contributed by atoms with van der Waals surface area (Å²) < 4.78 is 39.2. The van der Waals surface area contributed by atoms with Crippen molar-refractivity contribution in [2.45, 2.75) is 20.3 Å². The Kier molecular flexibility index (Phi) is 6.24. The molecule has 1 N–H and O–H groups in total. The van der Waals surface area contributed by atoms with E-state index in [1.54, 1.807) is 19.1 Å². The van der Waals surface area contributed by atoms with Gasteiger partial charge in [0.05, 0.1) is 11.4 Å². The number of hydrogen-bond donors (Lipinski definition) is 1. The van der Waals surface area contributed by atoms with E-state index in [0.717, 1.165) is 17.3 Å². The summed E-state index contributed by atoms with van der Waals surface area (Å²) in [7, 11) is -3.50. The predicted molar refractivity (Wildman–Crippen MR) is 76.4 cm³/mol. The van der Waals surface area contributed by atoms with Crippen molar-refractivity contribution in [3.05, 3.63) is 30.1 Å². The summed E-state index contributed by atoms with van der Waals surface area (Å²) >= 11 is 0. The van der Waals surface area contributed by atoms with Crippen molar-refractivity contribution in [3.8, 4) is 0 Å². The van der Waals surface area contributed by atoms with E-state index in [1.165, 1.54) is 12.1 Å². The number of sulfonamides is 1. The zero-order chi connectivity index (χ0) is 14.3. The second-order valence-corrected chi connectivity index (χ2v) is 6.20. The predicted octanol–water partition coefficient (Wildman–Crippen LogP) is 1.98. The Hall–Kier alpha value is -1.14. The first-order valence-electron chi connectivity index (χ1n) is 6.48. The van der Waals surface area contributed by atoms with E-state index in [1.807, 2.05) is 6.92 Å². The minimum atomic E-state index is -3.50. The Balaban J connectivity index is 2.81. The molecule has 0 aliphatic rings. The van der Waals surface area contributed by atoms with Crippen molar-refractivity contribution in [3.63, 3.8) is 0 Å². The molecule has 0 atom stereocenters. The highest BCUT2D eigenvalue weighted by Gasteiger charge is 2.22. The van der Waals surface area contributed by atoms with Crippen molar-refractivity contribution in [1.29, 1.82) is 0 Å². The van der Waals surface area contributed by atoms with Crippen molar-refractivity contribution in [1.82, 2.24) is 5.32 Å². The van der Waals surface area contributed by atoms with Crippen molar-refractivity contribution < 1.29 is 12.8 Å². The summed E-state index contributed by atoms with van der Waals surface area (Å²) in [5, 5.41) is 3.04. The average Bonchev–Trinajstić information content (AvgIpc) is 2.37. The van der Waals surface area contributed by atoms with Gasteiger partial charge in [-0.05, 0) is 32.0 Å². The van der Waals surface area contributed by atoms with Gasteiger partial charge >= 0.3 is 0 Å². The van der Waals surface area contributed by atoms with Gasteiger partial charge in [-0.2, -0.15) is 0 Å². The van der Waals surface area contributed by atoms with Crippen LogP contribution in [0, 0.1) is 5.82 Å². The Morgan fingerprint density at radius 1 is 1.21 bits per heavy atom. The van der Waals surface area contributed by atoms with Crippen LogP contribution in [0.25, 0.3) is 0 Å². The average molecular weight is 288 g/mol. The maximum Gasteiger partial charge on any atom is 0.236 e. The number of halogens is 1.